The van der Waals surface area contributed by atoms with Crippen molar-refractivity contribution >= 4 is 27.7 Å². The van der Waals surface area contributed by atoms with E-state index in [4.69, 9.17) is 18.9 Å². The van der Waals surface area contributed by atoms with Gasteiger partial charge in [-0.15, -0.1) is 0 Å². The van der Waals surface area contributed by atoms with E-state index < -0.39 is 5.82 Å². The third-order valence-corrected chi connectivity index (χ3v) is 6.84. The SMILES string of the molecule is COc1cc2c(Oc3ccc4[nH]c(C)cc4c3F)ccnc2cc1OCCC(=O)N1CC2(COC2)C1. The number of aromatic nitrogens is 2. The van der Waals surface area contributed by atoms with Gasteiger partial charge in [-0.05, 0) is 37.3 Å². The fourth-order valence-corrected chi connectivity index (χ4v) is 4.89. The van der Waals surface area contributed by atoms with Crippen molar-refractivity contribution in [3.63, 3.8) is 0 Å². The second kappa shape index (κ2) is 8.67. The number of aromatic amines is 1. The van der Waals surface area contributed by atoms with Crippen molar-refractivity contribution in [3.05, 3.63) is 54.1 Å². The smallest absolute Gasteiger partial charge is 0.226 e. The monoisotopic (exact) mass is 491 g/mol. The van der Waals surface area contributed by atoms with Gasteiger partial charge in [0.15, 0.2) is 23.1 Å². The number of amides is 1. The van der Waals surface area contributed by atoms with Crippen molar-refractivity contribution in [2.24, 2.45) is 5.41 Å². The Morgan fingerprint density at radius 1 is 1.11 bits per heavy atom. The molecule has 1 amide bonds. The second-order valence-electron chi connectivity index (χ2n) is 9.56. The second-order valence-corrected chi connectivity index (χ2v) is 9.56. The topological polar surface area (TPSA) is 85.9 Å². The minimum Gasteiger partial charge on any atom is -0.493 e. The highest BCUT2D eigenvalue weighted by Gasteiger charge is 2.50. The van der Waals surface area contributed by atoms with Crippen LogP contribution in [0.15, 0.2) is 42.6 Å². The molecular weight excluding hydrogens is 465 g/mol. The van der Waals surface area contributed by atoms with Crippen molar-refractivity contribution in [3.8, 4) is 23.0 Å². The number of benzene rings is 2. The molecule has 2 fully saturated rings. The number of ether oxygens (including phenoxy) is 4. The van der Waals surface area contributed by atoms with Gasteiger partial charge in [-0.3, -0.25) is 9.78 Å². The molecule has 1 spiro atoms. The molecule has 2 saturated heterocycles. The Hall–Kier alpha value is -3.85. The Morgan fingerprint density at radius 2 is 1.94 bits per heavy atom. The van der Waals surface area contributed by atoms with Gasteiger partial charge in [-0.25, -0.2) is 4.39 Å². The number of likely N-dealkylation sites (tertiary alicyclic amines) is 1. The molecule has 2 aromatic carbocycles. The highest BCUT2D eigenvalue weighted by Crippen LogP contribution is 2.39. The normalized spacial score (nSPS) is 16.1. The summed E-state index contributed by atoms with van der Waals surface area (Å²) in [5, 5.41) is 1.12. The van der Waals surface area contributed by atoms with Crippen LogP contribution in [0.25, 0.3) is 21.8 Å². The molecule has 9 heteroatoms. The molecule has 0 atom stereocenters. The van der Waals surface area contributed by atoms with E-state index in [0.717, 1.165) is 32.0 Å². The lowest BCUT2D eigenvalue weighted by Crippen LogP contribution is -2.67. The Morgan fingerprint density at radius 3 is 2.69 bits per heavy atom. The predicted molar refractivity (Wildman–Crippen MR) is 131 cm³/mol. The summed E-state index contributed by atoms with van der Waals surface area (Å²) >= 11 is 0. The van der Waals surface area contributed by atoms with Gasteiger partial charge >= 0.3 is 0 Å². The molecule has 0 unspecified atom stereocenters. The summed E-state index contributed by atoms with van der Waals surface area (Å²) in [4.78, 5) is 21.8. The lowest BCUT2D eigenvalue weighted by molar-refractivity contribution is -0.195. The molecule has 1 N–H and O–H groups in total. The fourth-order valence-electron chi connectivity index (χ4n) is 4.89. The van der Waals surface area contributed by atoms with E-state index >= 15 is 4.39 Å². The number of pyridine rings is 1. The van der Waals surface area contributed by atoms with E-state index in [1.807, 2.05) is 11.8 Å². The average Bonchev–Trinajstić information content (AvgIpc) is 3.20. The van der Waals surface area contributed by atoms with E-state index in [1.54, 1.807) is 42.6 Å². The number of H-pyrrole nitrogens is 1. The lowest BCUT2D eigenvalue weighted by atomic mass is 9.78. The van der Waals surface area contributed by atoms with E-state index in [1.165, 1.54) is 7.11 Å². The summed E-state index contributed by atoms with van der Waals surface area (Å²) < 4.78 is 37.8. The Labute approximate surface area is 206 Å². The zero-order valence-corrected chi connectivity index (χ0v) is 20.1. The Bertz CT molecular complexity index is 1470. The zero-order valence-electron chi connectivity index (χ0n) is 20.1. The van der Waals surface area contributed by atoms with Gasteiger partial charge in [0, 0.05) is 47.3 Å². The summed E-state index contributed by atoms with van der Waals surface area (Å²) in [5.41, 5.74) is 2.38. The Balaban J connectivity index is 1.19. The number of carbonyl (C=O) groups excluding carboxylic acids is 1. The van der Waals surface area contributed by atoms with Gasteiger partial charge in [0.25, 0.3) is 0 Å². The number of fused-ring (bicyclic) bond motifs is 2. The van der Waals surface area contributed by atoms with Crippen molar-refractivity contribution in [2.45, 2.75) is 13.3 Å². The number of carbonyl (C=O) groups is 1. The molecule has 0 bridgehead atoms. The van der Waals surface area contributed by atoms with E-state index in [-0.39, 0.29) is 30.1 Å². The highest BCUT2D eigenvalue weighted by atomic mass is 19.1. The summed E-state index contributed by atoms with van der Waals surface area (Å²) in [5.74, 6) is 1.14. The summed E-state index contributed by atoms with van der Waals surface area (Å²) in [6.07, 6.45) is 1.87. The molecule has 6 rings (SSSR count). The van der Waals surface area contributed by atoms with E-state index in [9.17, 15) is 4.79 Å². The minimum atomic E-state index is -0.434. The predicted octanol–water partition coefficient (Wildman–Crippen LogP) is 4.59. The van der Waals surface area contributed by atoms with Crippen LogP contribution in [0.2, 0.25) is 0 Å². The maximum absolute atomic E-state index is 15.1. The first kappa shape index (κ1) is 22.6. The largest absolute Gasteiger partial charge is 0.493 e. The minimum absolute atomic E-state index is 0.0673. The van der Waals surface area contributed by atoms with Crippen molar-refractivity contribution in [1.29, 1.82) is 0 Å². The summed E-state index contributed by atoms with van der Waals surface area (Å²) in [7, 11) is 1.54. The molecule has 36 heavy (non-hydrogen) atoms. The van der Waals surface area contributed by atoms with Gasteiger partial charge in [-0.1, -0.05) is 0 Å². The standard InChI is InChI=1S/C27H26FN3O5/c1-16-9-18-19(30-16)3-4-22(26(18)28)36-21-5-7-29-20-11-24(23(33-2)10-17(20)21)35-8-6-25(32)31-12-27(13-31)14-34-15-27/h3-5,7,9-11,30H,6,8,12-15H2,1-2H3. The van der Waals surface area contributed by atoms with Crippen molar-refractivity contribution in [2.75, 3.05) is 40.0 Å². The zero-order chi connectivity index (χ0) is 24.9. The molecule has 0 aliphatic carbocycles. The summed E-state index contributed by atoms with van der Waals surface area (Å²) in [6.45, 7) is 5.10. The third-order valence-electron chi connectivity index (χ3n) is 6.84. The molecule has 0 radical (unpaired) electrons. The fraction of sp³-hybridized carbons (Fsp3) is 0.333. The first-order chi connectivity index (χ1) is 17.4. The van der Waals surface area contributed by atoms with Crippen molar-refractivity contribution < 1.29 is 28.1 Å². The van der Waals surface area contributed by atoms with Crippen LogP contribution in [0.3, 0.4) is 0 Å². The van der Waals surface area contributed by atoms with Crippen LogP contribution in [-0.4, -0.2) is 60.8 Å². The number of halogens is 1. The highest BCUT2D eigenvalue weighted by molar-refractivity contribution is 5.89. The first-order valence-electron chi connectivity index (χ1n) is 11.9. The molecule has 4 heterocycles. The average molecular weight is 492 g/mol. The summed E-state index contributed by atoms with van der Waals surface area (Å²) in [6, 6.07) is 10.3. The molecule has 8 nitrogen and oxygen atoms in total. The van der Waals surface area contributed by atoms with E-state index in [0.29, 0.717) is 39.1 Å². The van der Waals surface area contributed by atoms with Gasteiger partial charge in [0.1, 0.15) is 5.75 Å². The molecule has 4 aromatic rings. The number of nitrogens with zero attached hydrogens (tertiary/aromatic N) is 2. The molecule has 2 aliphatic heterocycles. The molecular formula is C27H26FN3O5. The number of aryl methyl sites for hydroxylation is 1. The van der Waals surface area contributed by atoms with Crippen LogP contribution in [-0.2, 0) is 9.53 Å². The van der Waals surface area contributed by atoms with Crippen LogP contribution < -0.4 is 14.2 Å². The van der Waals surface area contributed by atoms with Crippen LogP contribution in [0.5, 0.6) is 23.0 Å². The van der Waals surface area contributed by atoms with Gasteiger partial charge < -0.3 is 28.8 Å². The van der Waals surface area contributed by atoms with Crippen LogP contribution >= 0.6 is 0 Å². The molecule has 2 aliphatic rings. The molecule has 0 saturated carbocycles. The van der Waals surface area contributed by atoms with Crippen LogP contribution in [0.1, 0.15) is 12.1 Å². The molecule has 2 aromatic heterocycles. The lowest BCUT2D eigenvalue weighted by Gasteiger charge is -2.55. The van der Waals surface area contributed by atoms with E-state index in [2.05, 4.69) is 9.97 Å². The number of rotatable bonds is 7. The van der Waals surface area contributed by atoms with Gasteiger partial charge in [0.05, 0.1) is 44.3 Å². The first-order valence-corrected chi connectivity index (χ1v) is 11.9. The number of hydrogen-bond acceptors (Lipinski definition) is 6. The number of methoxy groups -OCH3 is 1. The quantitative estimate of drug-likeness (QED) is 0.407. The van der Waals surface area contributed by atoms with Crippen molar-refractivity contribution in [1.82, 2.24) is 14.9 Å². The van der Waals surface area contributed by atoms with Gasteiger partial charge in [0.2, 0.25) is 5.91 Å². The Kier molecular flexibility index (Phi) is 5.44. The molecule has 186 valence electrons. The maximum Gasteiger partial charge on any atom is 0.226 e. The van der Waals surface area contributed by atoms with Gasteiger partial charge in [-0.2, -0.15) is 0 Å². The van der Waals surface area contributed by atoms with Crippen LogP contribution in [0.4, 0.5) is 4.39 Å². The number of hydrogen-bond donors (Lipinski definition) is 1. The third kappa shape index (κ3) is 3.89. The van der Waals surface area contributed by atoms with Crippen LogP contribution in [0, 0.1) is 18.2 Å². The number of nitrogens with one attached hydrogen (secondary N) is 1. The maximum atomic E-state index is 15.1.